The van der Waals surface area contributed by atoms with Gasteiger partial charge in [-0.3, -0.25) is 0 Å². The van der Waals surface area contributed by atoms with Crippen LogP contribution in [0.15, 0.2) is 16.8 Å². The lowest BCUT2D eigenvalue weighted by molar-refractivity contribution is 0.396. The molecule has 0 saturated heterocycles. The van der Waals surface area contributed by atoms with Gasteiger partial charge in [0.05, 0.1) is 12.2 Å². The Morgan fingerprint density at radius 2 is 2.05 bits per heavy atom. The lowest BCUT2D eigenvalue weighted by Crippen LogP contribution is -2.12. The predicted molar refractivity (Wildman–Crippen MR) is 72.7 cm³/mol. The van der Waals surface area contributed by atoms with Gasteiger partial charge in [-0.15, -0.1) is 0 Å². The van der Waals surface area contributed by atoms with E-state index in [9.17, 15) is 0 Å². The van der Waals surface area contributed by atoms with E-state index in [1.165, 1.54) is 0 Å². The van der Waals surface area contributed by atoms with Gasteiger partial charge in [-0.05, 0) is 21.0 Å². The van der Waals surface area contributed by atoms with Gasteiger partial charge in [0.15, 0.2) is 5.89 Å². The molecule has 2 heterocycles. The first-order valence-electron chi connectivity index (χ1n) is 6.17. The summed E-state index contributed by atoms with van der Waals surface area (Å²) in [6.45, 7) is 5.14. The predicted octanol–water partition coefficient (Wildman–Crippen LogP) is 1.76. The van der Waals surface area contributed by atoms with E-state index in [4.69, 9.17) is 4.42 Å². The van der Waals surface area contributed by atoms with E-state index in [0.717, 1.165) is 29.5 Å². The molecule has 0 aliphatic rings. The highest BCUT2D eigenvalue weighted by Crippen LogP contribution is 2.12. The molecule has 6 nitrogen and oxygen atoms in total. The van der Waals surface area contributed by atoms with Crippen LogP contribution in [0.2, 0.25) is 0 Å². The molecule has 1 N–H and O–H groups in total. The van der Waals surface area contributed by atoms with Gasteiger partial charge in [0.1, 0.15) is 23.6 Å². The maximum Gasteiger partial charge on any atom is 0.191 e. The van der Waals surface area contributed by atoms with Crippen LogP contribution in [0.1, 0.15) is 23.0 Å². The highest BCUT2D eigenvalue weighted by molar-refractivity contribution is 5.35. The first kappa shape index (κ1) is 13.5. The first-order valence-corrected chi connectivity index (χ1v) is 6.17. The molecule has 0 bridgehead atoms. The summed E-state index contributed by atoms with van der Waals surface area (Å²) in [4.78, 5) is 14.8. The van der Waals surface area contributed by atoms with Gasteiger partial charge in [0, 0.05) is 19.5 Å². The second kappa shape index (κ2) is 5.79. The average Bonchev–Trinajstić information content (AvgIpc) is 2.65. The highest BCUT2D eigenvalue weighted by atomic mass is 16.4. The zero-order valence-electron chi connectivity index (χ0n) is 11.8. The van der Waals surface area contributed by atoms with Gasteiger partial charge in [-0.1, -0.05) is 0 Å². The van der Waals surface area contributed by atoms with Crippen LogP contribution in [-0.4, -0.2) is 33.9 Å². The number of rotatable bonds is 5. The molecule has 0 amide bonds. The standard InChI is InChI=1S/C13H19N5O/c1-9-12(17-10(2)19-9)6-14-13-5-11(7-18(3)4)15-8-16-13/h5,8H,6-7H2,1-4H3,(H,14,15,16). The molecule has 0 aliphatic heterocycles. The van der Waals surface area contributed by atoms with Crippen molar-refractivity contribution in [2.24, 2.45) is 0 Å². The number of aromatic nitrogens is 3. The maximum atomic E-state index is 5.39. The molecule has 2 rings (SSSR count). The van der Waals surface area contributed by atoms with Crippen LogP contribution in [0.3, 0.4) is 0 Å². The fourth-order valence-electron chi connectivity index (χ4n) is 1.82. The van der Waals surface area contributed by atoms with Gasteiger partial charge < -0.3 is 14.6 Å². The summed E-state index contributed by atoms with van der Waals surface area (Å²) in [7, 11) is 4.02. The summed E-state index contributed by atoms with van der Waals surface area (Å²) in [6.07, 6.45) is 1.57. The highest BCUT2D eigenvalue weighted by Gasteiger charge is 2.07. The third-order valence-corrected chi connectivity index (χ3v) is 2.64. The molecule has 0 aliphatic carbocycles. The number of hydrogen-bond donors (Lipinski definition) is 1. The summed E-state index contributed by atoms with van der Waals surface area (Å²) >= 11 is 0. The molecule has 6 heteroatoms. The molecule has 0 spiro atoms. The summed E-state index contributed by atoms with van der Waals surface area (Å²) in [5, 5.41) is 3.24. The molecule has 2 aromatic rings. The fourth-order valence-corrected chi connectivity index (χ4v) is 1.82. The maximum absolute atomic E-state index is 5.39. The van der Waals surface area contributed by atoms with Gasteiger partial charge in [0.2, 0.25) is 0 Å². The topological polar surface area (TPSA) is 67.1 Å². The lowest BCUT2D eigenvalue weighted by Gasteiger charge is -2.10. The normalized spacial score (nSPS) is 11.0. The Morgan fingerprint density at radius 1 is 1.26 bits per heavy atom. The summed E-state index contributed by atoms with van der Waals surface area (Å²) in [5.74, 6) is 2.32. The van der Waals surface area contributed by atoms with E-state index in [-0.39, 0.29) is 0 Å². The van der Waals surface area contributed by atoms with Crippen molar-refractivity contribution in [3.63, 3.8) is 0 Å². The fraction of sp³-hybridized carbons (Fsp3) is 0.462. The molecular weight excluding hydrogens is 242 g/mol. The van der Waals surface area contributed by atoms with E-state index in [1.54, 1.807) is 6.33 Å². The Bertz CT molecular complexity index is 550. The monoisotopic (exact) mass is 261 g/mol. The lowest BCUT2D eigenvalue weighted by atomic mass is 10.3. The number of hydrogen-bond acceptors (Lipinski definition) is 6. The second-order valence-corrected chi connectivity index (χ2v) is 4.72. The van der Waals surface area contributed by atoms with Crippen molar-refractivity contribution in [2.45, 2.75) is 26.9 Å². The van der Waals surface area contributed by atoms with Crippen LogP contribution >= 0.6 is 0 Å². The molecule has 0 unspecified atom stereocenters. The minimum absolute atomic E-state index is 0.599. The molecule has 0 saturated carbocycles. The van der Waals surface area contributed by atoms with Crippen molar-refractivity contribution in [3.8, 4) is 0 Å². The third kappa shape index (κ3) is 3.75. The Kier molecular flexibility index (Phi) is 4.11. The van der Waals surface area contributed by atoms with E-state index in [2.05, 4.69) is 25.2 Å². The first-order chi connectivity index (χ1) is 9.04. The van der Waals surface area contributed by atoms with Crippen molar-refractivity contribution < 1.29 is 4.42 Å². The van der Waals surface area contributed by atoms with Crippen molar-refractivity contribution in [1.82, 2.24) is 19.9 Å². The van der Waals surface area contributed by atoms with Crippen LogP contribution in [0.25, 0.3) is 0 Å². The Balaban J connectivity index is 2.01. The van der Waals surface area contributed by atoms with E-state index < -0.39 is 0 Å². The Hall–Kier alpha value is -1.95. The molecule has 0 fully saturated rings. The molecular formula is C13H19N5O. The van der Waals surface area contributed by atoms with Gasteiger partial charge in [-0.25, -0.2) is 15.0 Å². The van der Waals surface area contributed by atoms with Crippen LogP contribution in [-0.2, 0) is 13.1 Å². The molecule has 19 heavy (non-hydrogen) atoms. The zero-order valence-corrected chi connectivity index (χ0v) is 11.8. The van der Waals surface area contributed by atoms with Crippen molar-refractivity contribution >= 4 is 5.82 Å². The molecule has 2 aromatic heterocycles. The summed E-state index contributed by atoms with van der Waals surface area (Å²) in [5.41, 5.74) is 1.89. The minimum atomic E-state index is 0.599. The summed E-state index contributed by atoms with van der Waals surface area (Å²) < 4.78 is 5.39. The molecule has 0 aromatic carbocycles. The summed E-state index contributed by atoms with van der Waals surface area (Å²) in [6, 6.07) is 1.95. The SMILES string of the molecule is Cc1nc(CNc2cc(CN(C)C)ncn2)c(C)o1. The van der Waals surface area contributed by atoms with Crippen LogP contribution in [0.5, 0.6) is 0 Å². The minimum Gasteiger partial charge on any atom is -0.446 e. The number of anilines is 1. The van der Waals surface area contributed by atoms with Gasteiger partial charge in [-0.2, -0.15) is 0 Å². The van der Waals surface area contributed by atoms with Crippen molar-refractivity contribution in [3.05, 3.63) is 35.4 Å². The van der Waals surface area contributed by atoms with Crippen molar-refractivity contribution in [1.29, 1.82) is 0 Å². The second-order valence-electron chi connectivity index (χ2n) is 4.72. The number of aryl methyl sites for hydroxylation is 2. The van der Waals surface area contributed by atoms with Crippen LogP contribution in [0.4, 0.5) is 5.82 Å². The Morgan fingerprint density at radius 3 is 2.68 bits per heavy atom. The van der Waals surface area contributed by atoms with Gasteiger partial charge in [0.25, 0.3) is 0 Å². The number of nitrogens with zero attached hydrogens (tertiary/aromatic N) is 4. The van der Waals surface area contributed by atoms with Crippen LogP contribution in [0, 0.1) is 13.8 Å². The Labute approximate surface area is 112 Å². The van der Waals surface area contributed by atoms with Gasteiger partial charge >= 0.3 is 0 Å². The van der Waals surface area contributed by atoms with Crippen molar-refractivity contribution in [2.75, 3.05) is 19.4 Å². The molecule has 102 valence electrons. The smallest absolute Gasteiger partial charge is 0.191 e. The van der Waals surface area contributed by atoms with E-state index in [0.29, 0.717) is 12.4 Å². The molecule has 0 atom stereocenters. The third-order valence-electron chi connectivity index (χ3n) is 2.64. The number of nitrogens with one attached hydrogen (secondary N) is 1. The van der Waals surface area contributed by atoms with E-state index in [1.807, 2.05) is 34.0 Å². The largest absolute Gasteiger partial charge is 0.446 e. The van der Waals surface area contributed by atoms with Crippen LogP contribution < -0.4 is 5.32 Å². The van der Waals surface area contributed by atoms with E-state index >= 15 is 0 Å². The zero-order chi connectivity index (χ0) is 13.8. The average molecular weight is 261 g/mol. The molecule has 0 radical (unpaired) electrons. The number of oxazole rings is 1. The quantitative estimate of drug-likeness (QED) is 0.884.